The van der Waals surface area contributed by atoms with E-state index in [9.17, 15) is 18.0 Å². The highest BCUT2D eigenvalue weighted by Crippen LogP contribution is 2.16. The second-order valence-corrected chi connectivity index (χ2v) is 5.79. The van der Waals surface area contributed by atoms with Crippen LogP contribution in [-0.4, -0.2) is 32.4 Å². The Balaban J connectivity index is 2.36. The Morgan fingerprint density at radius 2 is 1.77 bits per heavy atom. The Morgan fingerprint density at radius 3 is 2.41 bits per heavy atom. The van der Waals surface area contributed by atoms with Gasteiger partial charge < -0.3 is 4.74 Å². The standard InChI is InChI=1S/C14H12N2O5S/c1-21-14(18)10-6-2-3-8-12(10)22(19,20)16-13(17)11-7-4-5-9-15-11/h2-9H,1H3,(H,16,17). The Labute approximate surface area is 127 Å². The summed E-state index contributed by atoms with van der Waals surface area (Å²) in [5, 5.41) is 0. The zero-order valence-corrected chi connectivity index (χ0v) is 12.3. The van der Waals surface area contributed by atoms with Crippen LogP contribution in [-0.2, 0) is 14.8 Å². The lowest BCUT2D eigenvalue weighted by atomic mass is 10.2. The molecule has 0 aliphatic carbocycles. The number of ether oxygens (including phenoxy) is 1. The Hall–Kier alpha value is -2.74. The van der Waals surface area contributed by atoms with E-state index >= 15 is 0 Å². The summed E-state index contributed by atoms with van der Waals surface area (Å²) in [6.07, 6.45) is 1.37. The number of sulfonamides is 1. The molecule has 8 heteroatoms. The molecule has 1 aromatic heterocycles. The zero-order valence-electron chi connectivity index (χ0n) is 11.5. The summed E-state index contributed by atoms with van der Waals surface area (Å²) in [7, 11) is -3.10. The third kappa shape index (κ3) is 3.29. The molecule has 0 saturated carbocycles. The van der Waals surface area contributed by atoms with Crippen LogP contribution in [0.5, 0.6) is 0 Å². The fraction of sp³-hybridized carbons (Fsp3) is 0.0714. The highest BCUT2D eigenvalue weighted by molar-refractivity contribution is 7.90. The predicted octanol–water partition coefficient (Wildman–Crippen LogP) is 0.987. The fourth-order valence-electron chi connectivity index (χ4n) is 1.71. The zero-order chi connectivity index (χ0) is 16.2. The van der Waals surface area contributed by atoms with Crippen LogP contribution >= 0.6 is 0 Å². The van der Waals surface area contributed by atoms with Crippen LogP contribution in [0.1, 0.15) is 20.8 Å². The maximum Gasteiger partial charge on any atom is 0.339 e. The van der Waals surface area contributed by atoms with Gasteiger partial charge in [-0.3, -0.25) is 9.78 Å². The van der Waals surface area contributed by atoms with Gasteiger partial charge in [-0.25, -0.2) is 17.9 Å². The average Bonchev–Trinajstić information content (AvgIpc) is 2.54. The molecule has 0 unspecified atom stereocenters. The van der Waals surface area contributed by atoms with Crippen LogP contribution in [0.15, 0.2) is 53.6 Å². The first-order chi connectivity index (χ1) is 10.5. The quantitative estimate of drug-likeness (QED) is 0.843. The van der Waals surface area contributed by atoms with Gasteiger partial charge in [-0.15, -0.1) is 0 Å². The molecule has 7 nitrogen and oxygen atoms in total. The lowest BCUT2D eigenvalue weighted by molar-refractivity contribution is 0.0596. The van der Waals surface area contributed by atoms with Crippen LogP contribution in [0.2, 0.25) is 0 Å². The molecule has 0 aliphatic rings. The molecule has 22 heavy (non-hydrogen) atoms. The summed E-state index contributed by atoms with van der Waals surface area (Å²) < 4.78 is 31.0. The summed E-state index contributed by atoms with van der Waals surface area (Å²) in [4.78, 5) is 27.0. The number of methoxy groups -OCH3 is 1. The molecular formula is C14H12N2O5S. The van der Waals surface area contributed by atoms with E-state index in [1.807, 2.05) is 4.72 Å². The van der Waals surface area contributed by atoms with Crippen LogP contribution in [0.3, 0.4) is 0 Å². The highest BCUT2D eigenvalue weighted by Gasteiger charge is 2.25. The van der Waals surface area contributed by atoms with Gasteiger partial charge in [0.05, 0.1) is 12.7 Å². The summed E-state index contributed by atoms with van der Waals surface area (Å²) >= 11 is 0. The number of aromatic nitrogens is 1. The minimum absolute atomic E-state index is 0.0541. The van der Waals surface area contributed by atoms with Crippen molar-refractivity contribution < 1.29 is 22.7 Å². The third-order valence-electron chi connectivity index (χ3n) is 2.71. The number of amides is 1. The molecule has 0 aliphatic heterocycles. The van der Waals surface area contributed by atoms with Gasteiger partial charge in [0.15, 0.2) is 0 Å². The van der Waals surface area contributed by atoms with E-state index in [0.29, 0.717) is 0 Å². The van der Waals surface area contributed by atoms with Crippen molar-refractivity contribution in [1.82, 2.24) is 9.71 Å². The van der Waals surface area contributed by atoms with Gasteiger partial charge in [0.1, 0.15) is 10.6 Å². The topological polar surface area (TPSA) is 102 Å². The lowest BCUT2D eigenvalue weighted by Crippen LogP contribution is -2.32. The van der Waals surface area contributed by atoms with Crippen LogP contribution < -0.4 is 4.72 Å². The summed E-state index contributed by atoms with van der Waals surface area (Å²) in [5.41, 5.74) is -0.215. The minimum Gasteiger partial charge on any atom is -0.465 e. The smallest absolute Gasteiger partial charge is 0.339 e. The molecule has 1 N–H and O–H groups in total. The molecule has 0 atom stereocenters. The van der Waals surface area contributed by atoms with Crippen molar-refractivity contribution in [1.29, 1.82) is 0 Å². The maximum atomic E-state index is 12.3. The molecule has 0 saturated heterocycles. The Bertz CT molecular complexity index is 803. The molecule has 0 spiro atoms. The number of nitrogens with zero attached hydrogens (tertiary/aromatic N) is 1. The van der Waals surface area contributed by atoms with Crippen LogP contribution in [0, 0.1) is 0 Å². The number of nitrogens with one attached hydrogen (secondary N) is 1. The highest BCUT2D eigenvalue weighted by atomic mass is 32.2. The van der Waals surface area contributed by atoms with E-state index in [-0.39, 0.29) is 16.2 Å². The first-order valence-electron chi connectivity index (χ1n) is 6.11. The van der Waals surface area contributed by atoms with Crippen LogP contribution in [0.25, 0.3) is 0 Å². The van der Waals surface area contributed by atoms with Crippen molar-refractivity contribution in [2.75, 3.05) is 7.11 Å². The molecule has 114 valence electrons. The molecule has 0 fully saturated rings. The lowest BCUT2D eigenvalue weighted by Gasteiger charge is -2.09. The van der Waals surface area contributed by atoms with Crippen molar-refractivity contribution in [2.24, 2.45) is 0 Å². The predicted molar refractivity (Wildman–Crippen MR) is 76.7 cm³/mol. The SMILES string of the molecule is COC(=O)c1ccccc1S(=O)(=O)NC(=O)c1ccccn1. The molecule has 0 radical (unpaired) electrons. The van der Waals surface area contributed by atoms with Gasteiger partial charge in [0.2, 0.25) is 0 Å². The van der Waals surface area contributed by atoms with Gasteiger partial charge in [0.25, 0.3) is 15.9 Å². The maximum absolute atomic E-state index is 12.3. The first kappa shape index (κ1) is 15.6. The summed E-state index contributed by atoms with van der Waals surface area (Å²) in [6, 6.07) is 9.95. The fourth-order valence-corrected chi connectivity index (χ4v) is 2.86. The molecule has 0 bridgehead atoms. The van der Waals surface area contributed by atoms with E-state index in [1.54, 1.807) is 12.1 Å². The number of carbonyl (C=O) groups is 2. The molecular weight excluding hydrogens is 308 g/mol. The van der Waals surface area contributed by atoms with Crippen molar-refractivity contribution in [3.05, 3.63) is 59.9 Å². The first-order valence-corrected chi connectivity index (χ1v) is 7.59. The van der Waals surface area contributed by atoms with Gasteiger partial charge >= 0.3 is 5.97 Å². The Morgan fingerprint density at radius 1 is 1.09 bits per heavy atom. The van der Waals surface area contributed by atoms with E-state index in [0.717, 1.165) is 7.11 Å². The molecule has 1 aromatic carbocycles. The van der Waals surface area contributed by atoms with Gasteiger partial charge in [-0.05, 0) is 24.3 Å². The van der Waals surface area contributed by atoms with Crippen molar-refractivity contribution in [3.8, 4) is 0 Å². The number of hydrogen-bond donors (Lipinski definition) is 1. The van der Waals surface area contributed by atoms with Crippen molar-refractivity contribution >= 4 is 21.9 Å². The number of rotatable bonds is 4. The molecule has 1 amide bonds. The number of pyridine rings is 1. The molecule has 2 rings (SSSR count). The third-order valence-corrected chi connectivity index (χ3v) is 4.10. The number of esters is 1. The normalized spacial score (nSPS) is 10.8. The second kappa shape index (κ2) is 6.35. The van der Waals surface area contributed by atoms with Crippen LogP contribution in [0.4, 0.5) is 0 Å². The Kier molecular flexibility index (Phi) is 4.52. The van der Waals surface area contributed by atoms with E-state index in [2.05, 4.69) is 9.72 Å². The molecule has 2 aromatic rings. The second-order valence-electron chi connectivity index (χ2n) is 4.14. The monoisotopic (exact) mass is 320 g/mol. The van der Waals surface area contributed by atoms with Gasteiger partial charge in [0, 0.05) is 6.20 Å². The summed E-state index contributed by atoms with van der Waals surface area (Å²) in [5.74, 6) is -1.70. The van der Waals surface area contributed by atoms with Crippen molar-refractivity contribution in [2.45, 2.75) is 4.90 Å². The number of hydrogen-bond acceptors (Lipinski definition) is 6. The largest absolute Gasteiger partial charge is 0.465 e. The van der Waals surface area contributed by atoms with Gasteiger partial charge in [-0.1, -0.05) is 18.2 Å². The summed E-state index contributed by atoms with van der Waals surface area (Å²) in [6.45, 7) is 0. The van der Waals surface area contributed by atoms with Gasteiger partial charge in [-0.2, -0.15) is 0 Å². The van der Waals surface area contributed by atoms with E-state index in [4.69, 9.17) is 0 Å². The average molecular weight is 320 g/mol. The van der Waals surface area contributed by atoms with Crippen molar-refractivity contribution in [3.63, 3.8) is 0 Å². The minimum atomic E-state index is -4.23. The molecule has 1 heterocycles. The number of benzene rings is 1. The van der Waals surface area contributed by atoms with E-state index < -0.39 is 21.9 Å². The number of carbonyl (C=O) groups excluding carboxylic acids is 2. The van der Waals surface area contributed by atoms with E-state index in [1.165, 1.54) is 36.5 Å².